The zero-order valence-corrected chi connectivity index (χ0v) is 13.5. The molecule has 0 aliphatic rings. The predicted octanol–water partition coefficient (Wildman–Crippen LogP) is 3.55. The number of rotatable bonds is 3. The Hall–Kier alpha value is -1.37. The summed E-state index contributed by atoms with van der Waals surface area (Å²) in [7, 11) is 0. The third-order valence-electron chi connectivity index (χ3n) is 2.60. The molecule has 0 spiro atoms. The first-order valence-corrected chi connectivity index (χ1v) is 7.71. The summed E-state index contributed by atoms with van der Waals surface area (Å²) in [5.74, 6) is -0.443. The summed E-state index contributed by atoms with van der Waals surface area (Å²) >= 11 is 4.37. The van der Waals surface area contributed by atoms with Crippen LogP contribution >= 0.6 is 11.6 Å². The van der Waals surface area contributed by atoms with Gasteiger partial charge in [0.25, 0.3) is 0 Å². The van der Waals surface area contributed by atoms with Crippen molar-refractivity contribution in [3.8, 4) is 5.69 Å². The second kappa shape index (κ2) is 6.17. The molecule has 112 valence electrons. The summed E-state index contributed by atoms with van der Waals surface area (Å²) in [4.78, 5) is 4.09. The molecular formula is C14H15ClFN3OS. The maximum atomic E-state index is 13.8. The van der Waals surface area contributed by atoms with Gasteiger partial charge in [-0.15, -0.1) is 0 Å². The highest BCUT2D eigenvalue weighted by Crippen LogP contribution is 2.19. The molecule has 1 aromatic carbocycles. The Morgan fingerprint density at radius 1 is 1.43 bits per heavy atom. The van der Waals surface area contributed by atoms with E-state index in [1.165, 1.54) is 23.2 Å². The summed E-state index contributed by atoms with van der Waals surface area (Å²) in [5, 5.41) is 0.332. The fourth-order valence-electron chi connectivity index (χ4n) is 1.49. The van der Waals surface area contributed by atoms with Crippen molar-refractivity contribution in [2.45, 2.75) is 25.5 Å². The summed E-state index contributed by atoms with van der Waals surface area (Å²) in [6.45, 7) is 5.51. The minimum absolute atomic E-state index is 0.332. The van der Waals surface area contributed by atoms with Crippen LogP contribution in [0.25, 0.3) is 5.69 Å². The molecule has 1 heterocycles. The van der Waals surface area contributed by atoms with Gasteiger partial charge in [-0.05, 0) is 39.0 Å². The molecule has 1 unspecified atom stereocenters. The van der Waals surface area contributed by atoms with Crippen molar-refractivity contribution in [3.05, 3.63) is 47.3 Å². The SMILES string of the molecule is CC(C)(C)[S+]([O-])/N=C/c1cn(-c2ccc(Cl)cc2F)cn1. The smallest absolute Gasteiger partial charge is 0.148 e. The van der Waals surface area contributed by atoms with Crippen molar-refractivity contribution in [2.24, 2.45) is 4.40 Å². The zero-order chi connectivity index (χ0) is 15.6. The van der Waals surface area contributed by atoms with Crippen molar-refractivity contribution >= 4 is 29.2 Å². The quantitative estimate of drug-likeness (QED) is 0.639. The Kier molecular flexibility index (Phi) is 4.70. The number of halogens is 2. The van der Waals surface area contributed by atoms with Gasteiger partial charge >= 0.3 is 0 Å². The highest BCUT2D eigenvalue weighted by molar-refractivity contribution is 7.91. The van der Waals surface area contributed by atoms with E-state index in [9.17, 15) is 8.94 Å². The number of nitrogens with zero attached hydrogens (tertiary/aromatic N) is 3. The first kappa shape index (κ1) is 16.0. The molecule has 7 heteroatoms. The summed E-state index contributed by atoms with van der Waals surface area (Å²) < 4.78 is 30.7. The van der Waals surface area contributed by atoms with E-state index in [1.807, 2.05) is 20.8 Å². The standard InChI is InChI=1S/C14H15ClFN3OS/c1-14(2,3)21(20)18-7-11-8-19(9-17-11)13-5-4-10(15)6-12(13)16/h4-9H,1-3H3/b18-7+. The fraction of sp³-hybridized carbons (Fsp3) is 0.286. The molecule has 0 amide bonds. The van der Waals surface area contributed by atoms with E-state index >= 15 is 0 Å². The summed E-state index contributed by atoms with van der Waals surface area (Å²) in [6.07, 6.45) is 4.50. The van der Waals surface area contributed by atoms with Crippen LogP contribution in [0.2, 0.25) is 5.02 Å². The van der Waals surface area contributed by atoms with Crippen LogP contribution in [-0.2, 0) is 11.4 Å². The second-order valence-corrected chi connectivity index (χ2v) is 7.77. The largest absolute Gasteiger partial charge is 0.591 e. The van der Waals surface area contributed by atoms with Gasteiger partial charge in [0.05, 0.1) is 5.69 Å². The van der Waals surface area contributed by atoms with Gasteiger partial charge in [-0.25, -0.2) is 9.37 Å². The van der Waals surface area contributed by atoms with Gasteiger partial charge in [0.15, 0.2) is 0 Å². The maximum absolute atomic E-state index is 13.8. The average Bonchev–Trinajstić information content (AvgIpc) is 2.83. The molecule has 1 atom stereocenters. The minimum atomic E-state index is -1.35. The van der Waals surface area contributed by atoms with E-state index in [2.05, 4.69) is 9.38 Å². The monoisotopic (exact) mass is 327 g/mol. The van der Waals surface area contributed by atoms with Gasteiger partial charge in [-0.2, -0.15) is 0 Å². The topological polar surface area (TPSA) is 53.2 Å². The molecule has 0 saturated carbocycles. The van der Waals surface area contributed by atoms with Crippen LogP contribution in [0, 0.1) is 5.82 Å². The van der Waals surface area contributed by atoms with Crippen LogP contribution in [0.1, 0.15) is 26.5 Å². The van der Waals surface area contributed by atoms with Gasteiger partial charge < -0.3 is 9.12 Å². The maximum Gasteiger partial charge on any atom is 0.148 e. The normalized spacial score (nSPS) is 13.8. The third-order valence-corrected chi connectivity index (χ3v) is 4.17. The van der Waals surface area contributed by atoms with Crippen LogP contribution in [0.15, 0.2) is 35.1 Å². The van der Waals surface area contributed by atoms with Crippen LogP contribution in [0.5, 0.6) is 0 Å². The molecular weight excluding hydrogens is 313 g/mol. The molecule has 21 heavy (non-hydrogen) atoms. The van der Waals surface area contributed by atoms with Crippen molar-refractivity contribution < 1.29 is 8.94 Å². The van der Waals surface area contributed by atoms with Gasteiger partial charge in [0, 0.05) is 11.2 Å². The second-order valence-electron chi connectivity index (χ2n) is 5.40. The van der Waals surface area contributed by atoms with Gasteiger partial charge in [0.2, 0.25) is 0 Å². The summed E-state index contributed by atoms with van der Waals surface area (Å²) in [5.41, 5.74) is 0.838. The third kappa shape index (κ3) is 4.06. The fourth-order valence-corrected chi connectivity index (χ4v) is 2.17. The Morgan fingerprint density at radius 3 is 2.76 bits per heavy atom. The van der Waals surface area contributed by atoms with Crippen molar-refractivity contribution in [1.82, 2.24) is 9.55 Å². The van der Waals surface area contributed by atoms with Gasteiger partial charge in [-0.3, -0.25) is 0 Å². The van der Waals surface area contributed by atoms with Crippen molar-refractivity contribution in [2.75, 3.05) is 0 Å². The van der Waals surface area contributed by atoms with Crippen LogP contribution in [-0.4, -0.2) is 25.1 Å². The van der Waals surface area contributed by atoms with E-state index in [-0.39, 0.29) is 0 Å². The Morgan fingerprint density at radius 2 is 2.14 bits per heavy atom. The van der Waals surface area contributed by atoms with E-state index in [0.29, 0.717) is 16.4 Å². The molecule has 0 N–H and O–H groups in total. The number of hydrogen-bond donors (Lipinski definition) is 0. The lowest BCUT2D eigenvalue weighted by Crippen LogP contribution is -2.25. The van der Waals surface area contributed by atoms with E-state index < -0.39 is 21.9 Å². The first-order chi connectivity index (χ1) is 9.77. The van der Waals surface area contributed by atoms with Crippen LogP contribution in [0.4, 0.5) is 4.39 Å². The van der Waals surface area contributed by atoms with E-state index in [4.69, 9.17) is 11.6 Å². The van der Waals surface area contributed by atoms with Crippen LogP contribution in [0.3, 0.4) is 0 Å². The molecule has 0 bridgehead atoms. The Balaban J connectivity index is 2.20. The lowest BCUT2D eigenvalue weighted by atomic mass is 10.3. The lowest BCUT2D eigenvalue weighted by molar-refractivity contribution is 0.562. The molecule has 4 nitrogen and oxygen atoms in total. The van der Waals surface area contributed by atoms with Gasteiger partial charge in [0.1, 0.15) is 40.2 Å². The van der Waals surface area contributed by atoms with E-state index in [1.54, 1.807) is 18.3 Å². The molecule has 2 rings (SSSR count). The zero-order valence-electron chi connectivity index (χ0n) is 11.9. The molecule has 0 saturated heterocycles. The number of imidazole rings is 1. The predicted molar refractivity (Wildman–Crippen MR) is 84.0 cm³/mol. The van der Waals surface area contributed by atoms with Crippen molar-refractivity contribution in [1.29, 1.82) is 0 Å². The molecule has 0 radical (unpaired) electrons. The molecule has 0 aliphatic carbocycles. The van der Waals surface area contributed by atoms with Crippen LogP contribution < -0.4 is 0 Å². The number of aromatic nitrogens is 2. The minimum Gasteiger partial charge on any atom is -0.591 e. The van der Waals surface area contributed by atoms with E-state index in [0.717, 1.165) is 0 Å². The average molecular weight is 328 g/mol. The summed E-state index contributed by atoms with van der Waals surface area (Å²) in [6, 6.07) is 4.40. The van der Waals surface area contributed by atoms with Gasteiger partial charge in [-0.1, -0.05) is 16.0 Å². The number of benzene rings is 1. The van der Waals surface area contributed by atoms with Crippen molar-refractivity contribution in [3.63, 3.8) is 0 Å². The highest BCUT2D eigenvalue weighted by atomic mass is 35.5. The number of hydrogen-bond acceptors (Lipinski definition) is 3. The molecule has 1 aromatic heterocycles. The molecule has 2 aromatic rings. The molecule has 0 fully saturated rings. The Bertz CT molecular complexity index is 666. The molecule has 0 aliphatic heterocycles. The Labute approximate surface area is 131 Å². The highest BCUT2D eigenvalue weighted by Gasteiger charge is 2.25. The first-order valence-electron chi connectivity index (χ1n) is 6.23. The lowest BCUT2D eigenvalue weighted by Gasteiger charge is -2.17.